The van der Waals surface area contributed by atoms with Crippen molar-refractivity contribution >= 4 is 5.78 Å². The first kappa shape index (κ1) is 10.9. The Bertz CT molecular complexity index is 444. The number of hydrogen-bond donors (Lipinski definition) is 0. The Hall–Kier alpha value is -1.59. The molecule has 0 radical (unpaired) electrons. The average Bonchev–Trinajstić information content (AvgIpc) is 2.65. The summed E-state index contributed by atoms with van der Waals surface area (Å²) >= 11 is 0. The first-order chi connectivity index (χ1) is 7.77. The van der Waals surface area contributed by atoms with Crippen LogP contribution < -0.4 is 0 Å². The summed E-state index contributed by atoms with van der Waals surface area (Å²) in [7, 11) is 0. The highest BCUT2D eigenvalue weighted by molar-refractivity contribution is 6.01. The van der Waals surface area contributed by atoms with Crippen molar-refractivity contribution in [1.82, 2.24) is 4.90 Å². The van der Waals surface area contributed by atoms with E-state index in [0.29, 0.717) is 13.0 Å². The van der Waals surface area contributed by atoms with E-state index in [9.17, 15) is 4.79 Å². The number of carbonyl (C=O) groups is 1. The average molecular weight is 213 g/mol. The van der Waals surface area contributed by atoms with Crippen LogP contribution in [0.15, 0.2) is 24.3 Å². The van der Waals surface area contributed by atoms with Gasteiger partial charge in [-0.2, -0.15) is 0 Å². The molecule has 1 aromatic rings. The summed E-state index contributed by atoms with van der Waals surface area (Å²) in [4.78, 5) is 14.0. The summed E-state index contributed by atoms with van der Waals surface area (Å²) < 4.78 is 0. The lowest BCUT2D eigenvalue weighted by Gasteiger charge is -2.25. The summed E-state index contributed by atoms with van der Waals surface area (Å²) in [5, 5.41) is 0. The SMILES string of the molecule is C#CCN(CC)C1CC(=O)c2ccccc21. The molecule has 0 N–H and O–H groups in total. The number of nitrogens with zero attached hydrogens (tertiary/aromatic N) is 1. The minimum Gasteiger partial charge on any atom is -0.294 e. The van der Waals surface area contributed by atoms with Crippen molar-refractivity contribution in [2.24, 2.45) is 0 Å². The van der Waals surface area contributed by atoms with Crippen LogP contribution in [0.25, 0.3) is 0 Å². The van der Waals surface area contributed by atoms with Gasteiger partial charge < -0.3 is 0 Å². The van der Waals surface area contributed by atoms with E-state index in [2.05, 4.69) is 17.7 Å². The molecule has 0 saturated heterocycles. The van der Waals surface area contributed by atoms with Crippen LogP contribution in [0.1, 0.15) is 35.3 Å². The van der Waals surface area contributed by atoms with Crippen molar-refractivity contribution in [1.29, 1.82) is 0 Å². The maximum atomic E-state index is 11.8. The van der Waals surface area contributed by atoms with Crippen LogP contribution in [-0.4, -0.2) is 23.8 Å². The van der Waals surface area contributed by atoms with Gasteiger partial charge in [0.2, 0.25) is 0 Å². The lowest BCUT2D eigenvalue weighted by atomic mass is 10.1. The maximum absolute atomic E-state index is 11.8. The Labute approximate surface area is 96.3 Å². The highest BCUT2D eigenvalue weighted by atomic mass is 16.1. The number of rotatable bonds is 3. The molecule has 16 heavy (non-hydrogen) atoms. The third kappa shape index (κ3) is 1.75. The molecule has 0 aliphatic heterocycles. The molecule has 0 amide bonds. The zero-order chi connectivity index (χ0) is 11.5. The van der Waals surface area contributed by atoms with Gasteiger partial charge in [-0.15, -0.1) is 6.42 Å². The monoisotopic (exact) mass is 213 g/mol. The Morgan fingerprint density at radius 2 is 2.25 bits per heavy atom. The Balaban J connectivity index is 2.33. The number of hydrogen-bond acceptors (Lipinski definition) is 2. The van der Waals surface area contributed by atoms with Crippen molar-refractivity contribution in [2.75, 3.05) is 13.1 Å². The second kappa shape index (κ2) is 4.51. The van der Waals surface area contributed by atoms with Crippen LogP contribution >= 0.6 is 0 Å². The van der Waals surface area contributed by atoms with Crippen LogP contribution in [0.5, 0.6) is 0 Å². The van der Waals surface area contributed by atoms with E-state index < -0.39 is 0 Å². The molecule has 2 nitrogen and oxygen atoms in total. The highest BCUT2D eigenvalue weighted by Crippen LogP contribution is 2.35. The number of carbonyl (C=O) groups excluding carboxylic acids is 1. The van der Waals surface area contributed by atoms with Gasteiger partial charge in [0, 0.05) is 18.0 Å². The summed E-state index contributed by atoms with van der Waals surface area (Å²) in [6.07, 6.45) is 5.91. The topological polar surface area (TPSA) is 20.3 Å². The third-order valence-corrected chi connectivity index (χ3v) is 3.14. The van der Waals surface area contributed by atoms with E-state index >= 15 is 0 Å². The fourth-order valence-corrected chi connectivity index (χ4v) is 2.32. The standard InChI is InChI=1S/C14H15NO/c1-3-9-15(4-2)13-10-14(16)12-8-6-5-7-11(12)13/h1,5-8,13H,4,9-10H2,2H3. The first-order valence-electron chi connectivity index (χ1n) is 5.57. The molecular formula is C14H15NO. The number of terminal acetylenes is 1. The number of Topliss-reactive ketones (excluding diaryl/α,β-unsaturated/α-hetero) is 1. The van der Waals surface area contributed by atoms with E-state index in [1.54, 1.807) is 0 Å². The molecule has 0 saturated carbocycles. The van der Waals surface area contributed by atoms with Gasteiger partial charge in [-0.3, -0.25) is 9.69 Å². The molecule has 0 fully saturated rings. The zero-order valence-corrected chi connectivity index (χ0v) is 9.44. The summed E-state index contributed by atoms with van der Waals surface area (Å²) in [6, 6.07) is 8.00. The normalized spacial score (nSPS) is 18.6. The lowest BCUT2D eigenvalue weighted by Crippen LogP contribution is -2.27. The van der Waals surface area contributed by atoms with Gasteiger partial charge in [-0.1, -0.05) is 37.1 Å². The minimum atomic E-state index is 0.171. The van der Waals surface area contributed by atoms with Crippen molar-refractivity contribution < 1.29 is 4.79 Å². The molecular weight excluding hydrogens is 198 g/mol. The van der Waals surface area contributed by atoms with E-state index in [4.69, 9.17) is 6.42 Å². The van der Waals surface area contributed by atoms with Crippen LogP contribution in [-0.2, 0) is 0 Å². The quantitative estimate of drug-likeness (QED) is 0.718. The van der Waals surface area contributed by atoms with Crippen LogP contribution in [0.4, 0.5) is 0 Å². The van der Waals surface area contributed by atoms with E-state index in [1.165, 1.54) is 0 Å². The molecule has 1 aliphatic carbocycles. The molecule has 1 aliphatic rings. The maximum Gasteiger partial charge on any atom is 0.165 e. The summed E-state index contributed by atoms with van der Waals surface area (Å²) in [5.74, 6) is 2.89. The molecule has 0 bridgehead atoms. The molecule has 1 unspecified atom stereocenters. The molecule has 2 heteroatoms. The molecule has 1 aromatic carbocycles. The van der Waals surface area contributed by atoms with E-state index in [0.717, 1.165) is 17.7 Å². The summed E-state index contributed by atoms with van der Waals surface area (Å²) in [6.45, 7) is 3.54. The minimum absolute atomic E-state index is 0.171. The molecule has 1 atom stereocenters. The van der Waals surface area contributed by atoms with Gasteiger partial charge in [-0.05, 0) is 12.1 Å². The van der Waals surface area contributed by atoms with Gasteiger partial charge in [0.1, 0.15) is 0 Å². The van der Waals surface area contributed by atoms with Gasteiger partial charge >= 0.3 is 0 Å². The van der Waals surface area contributed by atoms with Gasteiger partial charge in [0.15, 0.2) is 5.78 Å². The zero-order valence-electron chi connectivity index (χ0n) is 9.44. The molecule has 0 heterocycles. The van der Waals surface area contributed by atoms with E-state index in [1.807, 2.05) is 24.3 Å². The third-order valence-electron chi connectivity index (χ3n) is 3.14. The second-order valence-electron chi connectivity index (χ2n) is 4.00. The van der Waals surface area contributed by atoms with Crippen LogP contribution in [0.3, 0.4) is 0 Å². The lowest BCUT2D eigenvalue weighted by molar-refractivity contribution is 0.0961. The van der Waals surface area contributed by atoms with Gasteiger partial charge in [-0.25, -0.2) is 0 Å². The Morgan fingerprint density at radius 3 is 2.94 bits per heavy atom. The van der Waals surface area contributed by atoms with Gasteiger partial charge in [0.25, 0.3) is 0 Å². The number of fused-ring (bicyclic) bond motifs is 1. The molecule has 0 aromatic heterocycles. The fraction of sp³-hybridized carbons (Fsp3) is 0.357. The fourth-order valence-electron chi connectivity index (χ4n) is 2.32. The predicted octanol–water partition coefficient (Wildman–Crippen LogP) is 2.27. The number of ketones is 1. The second-order valence-corrected chi connectivity index (χ2v) is 4.00. The largest absolute Gasteiger partial charge is 0.294 e. The predicted molar refractivity (Wildman–Crippen MR) is 64.2 cm³/mol. The molecule has 82 valence electrons. The van der Waals surface area contributed by atoms with Crippen LogP contribution in [0.2, 0.25) is 0 Å². The smallest absolute Gasteiger partial charge is 0.165 e. The molecule has 0 spiro atoms. The van der Waals surface area contributed by atoms with Crippen molar-refractivity contribution in [3.8, 4) is 12.3 Å². The Kier molecular flexibility index (Phi) is 3.07. The van der Waals surface area contributed by atoms with Crippen molar-refractivity contribution in [3.05, 3.63) is 35.4 Å². The number of benzene rings is 1. The summed E-state index contributed by atoms with van der Waals surface area (Å²) in [5.41, 5.74) is 1.99. The first-order valence-corrected chi connectivity index (χ1v) is 5.57. The van der Waals surface area contributed by atoms with Crippen molar-refractivity contribution in [3.63, 3.8) is 0 Å². The van der Waals surface area contributed by atoms with Crippen molar-refractivity contribution in [2.45, 2.75) is 19.4 Å². The van der Waals surface area contributed by atoms with Gasteiger partial charge in [0.05, 0.1) is 6.54 Å². The van der Waals surface area contributed by atoms with E-state index in [-0.39, 0.29) is 11.8 Å². The Morgan fingerprint density at radius 1 is 1.50 bits per heavy atom. The molecule has 2 rings (SSSR count). The highest BCUT2D eigenvalue weighted by Gasteiger charge is 2.31. The van der Waals surface area contributed by atoms with Crippen LogP contribution in [0, 0.1) is 12.3 Å².